The van der Waals surface area contributed by atoms with Crippen molar-refractivity contribution in [3.8, 4) is 5.69 Å². The van der Waals surface area contributed by atoms with Gasteiger partial charge in [0, 0.05) is 18.5 Å². The standard InChI is InChI=1S/C17H20ClF3N4O4S/c1-3-24(16(26)12(2)11-30(28,29)8-6-17(19,20)21)14-10-25(22-15(14)18)13-5-4-7-23(27)9-13/h4-5,7,9-10,12H,3,6,8,11H2,1-2H3. The van der Waals surface area contributed by atoms with Gasteiger partial charge in [0.1, 0.15) is 11.4 Å². The third-order valence-corrected chi connectivity index (χ3v) is 6.27. The van der Waals surface area contributed by atoms with Crippen molar-refractivity contribution in [2.45, 2.75) is 26.4 Å². The molecule has 0 N–H and O–H groups in total. The zero-order chi connectivity index (χ0) is 22.7. The van der Waals surface area contributed by atoms with Crippen molar-refractivity contribution in [3.05, 3.63) is 41.1 Å². The van der Waals surface area contributed by atoms with E-state index in [0.29, 0.717) is 10.4 Å². The van der Waals surface area contributed by atoms with Crippen LogP contribution in [0, 0.1) is 11.1 Å². The van der Waals surface area contributed by atoms with Gasteiger partial charge in [0.15, 0.2) is 21.2 Å². The van der Waals surface area contributed by atoms with Crippen LogP contribution in [0.1, 0.15) is 20.3 Å². The van der Waals surface area contributed by atoms with Gasteiger partial charge in [-0.2, -0.15) is 23.0 Å². The summed E-state index contributed by atoms with van der Waals surface area (Å²) in [4.78, 5) is 14.0. The second-order valence-corrected chi connectivity index (χ2v) is 9.22. The SMILES string of the molecule is CCN(C(=O)C(C)CS(=O)(=O)CCC(F)(F)F)c1cn(-c2ccc[n+]([O-])c2)nc1Cl. The molecular weight excluding hydrogens is 449 g/mol. The third-order valence-electron chi connectivity index (χ3n) is 4.17. The van der Waals surface area contributed by atoms with Crippen LogP contribution in [-0.4, -0.2) is 48.3 Å². The predicted octanol–water partition coefficient (Wildman–Crippen LogP) is 2.52. The number of alkyl halides is 3. The molecule has 0 bridgehead atoms. The lowest BCUT2D eigenvalue weighted by Gasteiger charge is -2.23. The summed E-state index contributed by atoms with van der Waals surface area (Å²) in [5, 5.41) is 15.4. The van der Waals surface area contributed by atoms with E-state index in [1.54, 1.807) is 13.0 Å². The zero-order valence-corrected chi connectivity index (χ0v) is 17.7. The van der Waals surface area contributed by atoms with E-state index in [0.717, 1.165) is 0 Å². The highest BCUT2D eigenvalue weighted by Crippen LogP contribution is 2.27. The maximum atomic E-state index is 12.8. The van der Waals surface area contributed by atoms with Crippen molar-refractivity contribution in [1.82, 2.24) is 9.78 Å². The van der Waals surface area contributed by atoms with Crippen molar-refractivity contribution in [1.29, 1.82) is 0 Å². The summed E-state index contributed by atoms with van der Waals surface area (Å²) in [6, 6.07) is 3.09. The molecule has 0 aliphatic heterocycles. The molecule has 2 heterocycles. The Morgan fingerprint density at radius 2 is 2.10 bits per heavy atom. The monoisotopic (exact) mass is 468 g/mol. The number of pyridine rings is 1. The molecule has 30 heavy (non-hydrogen) atoms. The summed E-state index contributed by atoms with van der Waals surface area (Å²) in [5.74, 6) is -3.52. The van der Waals surface area contributed by atoms with Gasteiger partial charge in [-0.1, -0.05) is 18.5 Å². The Morgan fingerprint density at radius 3 is 2.67 bits per heavy atom. The van der Waals surface area contributed by atoms with E-state index >= 15 is 0 Å². The number of nitrogens with zero attached hydrogens (tertiary/aromatic N) is 4. The van der Waals surface area contributed by atoms with Crippen LogP contribution in [0.4, 0.5) is 18.9 Å². The van der Waals surface area contributed by atoms with Crippen LogP contribution >= 0.6 is 11.6 Å². The minimum atomic E-state index is -4.60. The van der Waals surface area contributed by atoms with E-state index in [2.05, 4.69) is 5.10 Å². The van der Waals surface area contributed by atoms with Crippen LogP contribution in [0.25, 0.3) is 5.69 Å². The molecule has 1 atom stereocenters. The molecule has 1 unspecified atom stereocenters. The number of hydrogen-bond acceptors (Lipinski definition) is 5. The average molecular weight is 469 g/mol. The average Bonchev–Trinajstić information content (AvgIpc) is 3.01. The van der Waals surface area contributed by atoms with E-state index in [-0.39, 0.29) is 17.4 Å². The number of anilines is 1. The fraction of sp³-hybridized carbons (Fsp3) is 0.471. The molecule has 8 nitrogen and oxygen atoms in total. The summed E-state index contributed by atoms with van der Waals surface area (Å²) in [6.45, 7) is 3.07. The summed E-state index contributed by atoms with van der Waals surface area (Å²) in [5.41, 5.74) is 0.567. The maximum absolute atomic E-state index is 12.8. The van der Waals surface area contributed by atoms with E-state index in [4.69, 9.17) is 11.6 Å². The first-order valence-corrected chi connectivity index (χ1v) is 11.1. The van der Waals surface area contributed by atoms with Crippen LogP contribution in [0.5, 0.6) is 0 Å². The highest BCUT2D eigenvalue weighted by atomic mass is 35.5. The molecule has 0 radical (unpaired) electrons. The Labute approximate surface area is 176 Å². The molecule has 1 amide bonds. The molecule has 0 spiro atoms. The van der Waals surface area contributed by atoms with Crippen LogP contribution in [0.2, 0.25) is 5.15 Å². The maximum Gasteiger partial charge on any atom is 0.390 e. The second-order valence-electron chi connectivity index (χ2n) is 6.63. The molecule has 2 aromatic heterocycles. The van der Waals surface area contributed by atoms with Crippen molar-refractivity contribution >= 4 is 33.0 Å². The molecule has 166 valence electrons. The fourth-order valence-corrected chi connectivity index (χ4v) is 4.60. The molecule has 0 saturated heterocycles. The minimum Gasteiger partial charge on any atom is -0.619 e. The van der Waals surface area contributed by atoms with Gasteiger partial charge >= 0.3 is 6.18 Å². The van der Waals surface area contributed by atoms with Gasteiger partial charge in [-0.25, -0.2) is 13.1 Å². The van der Waals surface area contributed by atoms with Gasteiger partial charge in [0.2, 0.25) is 12.1 Å². The van der Waals surface area contributed by atoms with E-state index in [1.807, 2.05) is 0 Å². The van der Waals surface area contributed by atoms with Gasteiger partial charge in [0.05, 0.1) is 24.1 Å². The second kappa shape index (κ2) is 9.21. The Kier molecular flexibility index (Phi) is 7.35. The van der Waals surface area contributed by atoms with Crippen LogP contribution < -0.4 is 9.63 Å². The molecule has 2 rings (SSSR count). The normalized spacial score (nSPS) is 13.3. The Balaban J connectivity index is 2.20. The first-order valence-electron chi connectivity index (χ1n) is 8.86. The molecule has 0 aromatic carbocycles. The van der Waals surface area contributed by atoms with Crippen molar-refractivity contribution in [2.24, 2.45) is 5.92 Å². The van der Waals surface area contributed by atoms with Crippen molar-refractivity contribution in [3.63, 3.8) is 0 Å². The van der Waals surface area contributed by atoms with Gasteiger partial charge in [-0.05, 0) is 13.0 Å². The lowest BCUT2D eigenvalue weighted by molar-refractivity contribution is -0.605. The van der Waals surface area contributed by atoms with Crippen LogP contribution in [0.3, 0.4) is 0 Å². The molecule has 0 fully saturated rings. The molecule has 13 heteroatoms. The molecular formula is C17H20ClF3N4O4S. The summed E-state index contributed by atoms with van der Waals surface area (Å²) in [6.07, 6.45) is -2.15. The smallest absolute Gasteiger partial charge is 0.390 e. The summed E-state index contributed by atoms with van der Waals surface area (Å²) >= 11 is 6.14. The fourth-order valence-electron chi connectivity index (χ4n) is 2.75. The first-order chi connectivity index (χ1) is 13.8. The first kappa shape index (κ1) is 23.9. The highest BCUT2D eigenvalue weighted by molar-refractivity contribution is 7.91. The molecule has 0 saturated carbocycles. The molecule has 0 aliphatic carbocycles. The number of aromatic nitrogens is 3. The van der Waals surface area contributed by atoms with E-state index in [1.165, 1.54) is 41.2 Å². The van der Waals surface area contributed by atoms with E-state index < -0.39 is 45.8 Å². The Morgan fingerprint density at radius 1 is 1.43 bits per heavy atom. The number of sulfone groups is 1. The molecule has 2 aromatic rings. The molecule has 0 aliphatic rings. The lowest BCUT2D eigenvalue weighted by Crippen LogP contribution is -2.38. The number of halogens is 4. The van der Waals surface area contributed by atoms with Crippen LogP contribution in [-0.2, 0) is 14.6 Å². The largest absolute Gasteiger partial charge is 0.619 e. The minimum absolute atomic E-state index is 0.0568. The predicted molar refractivity (Wildman–Crippen MR) is 104 cm³/mol. The number of rotatable bonds is 8. The number of amides is 1. The van der Waals surface area contributed by atoms with Crippen molar-refractivity contribution < 1.29 is 31.1 Å². The quantitative estimate of drug-likeness (QED) is 0.438. The van der Waals surface area contributed by atoms with Gasteiger partial charge in [-0.15, -0.1) is 0 Å². The number of carbonyl (C=O) groups is 1. The third kappa shape index (κ3) is 6.33. The number of carbonyl (C=O) groups excluding carboxylic acids is 1. The lowest BCUT2D eigenvalue weighted by atomic mass is 10.2. The Hall–Kier alpha value is -2.34. The highest BCUT2D eigenvalue weighted by Gasteiger charge is 2.33. The van der Waals surface area contributed by atoms with Crippen molar-refractivity contribution in [2.75, 3.05) is 23.0 Å². The van der Waals surface area contributed by atoms with Gasteiger partial charge < -0.3 is 10.1 Å². The summed E-state index contributed by atoms with van der Waals surface area (Å²) < 4.78 is 62.7. The number of hydrogen-bond donors (Lipinski definition) is 0. The Bertz CT molecular complexity index is 1010. The zero-order valence-electron chi connectivity index (χ0n) is 16.1. The van der Waals surface area contributed by atoms with E-state index in [9.17, 15) is 31.6 Å². The van der Waals surface area contributed by atoms with Gasteiger partial charge in [-0.3, -0.25) is 4.79 Å². The topological polar surface area (TPSA) is 99.2 Å². The van der Waals surface area contributed by atoms with Crippen LogP contribution in [0.15, 0.2) is 30.7 Å². The summed E-state index contributed by atoms with van der Waals surface area (Å²) in [7, 11) is -4.09. The van der Waals surface area contributed by atoms with Gasteiger partial charge in [0.25, 0.3) is 0 Å².